The van der Waals surface area contributed by atoms with Crippen molar-refractivity contribution >= 4 is 17.3 Å². The minimum Gasteiger partial charge on any atom is -0.398 e. The van der Waals surface area contributed by atoms with E-state index in [1.54, 1.807) is 4.90 Å². The average molecular weight is 293 g/mol. The number of carbonyl (C=O) groups is 1. The maximum absolute atomic E-state index is 12.6. The molecular weight excluding hydrogens is 270 g/mol. The van der Waals surface area contributed by atoms with E-state index >= 15 is 0 Å². The molecule has 0 bridgehead atoms. The fourth-order valence-electron chi connectivity index (χ4n) is 2.12. The summed E-state index contributed by atoms with van der Waals surface area (Å²) in [6, 6.07) is 4.00. The van der Waals surface area contributed by atoms with Crippen LogP contribution >= 0.6 is 0 Å². The van der Waals surface area contributed by atoms with Gasteiger partial charge in [-0.15, -0.1) is 0 Å². The van der Waals surface area contributed by atoms with E-state index in [1.807, 2.05) is 13.8 Å². The molecule has 0 aliphatic rings. The Hall–Kier alpha value is -2.11. The van der Waals surface area contributed by atoms with Gasteiger partial charge >= 0.3 is 0 Å². The molecule has 6 heteroatoms. The van der Waals surface area contributed by atoms with Crippen LogP contribution < -0.4 is 5.73 Å². The van der Waals surface area contributed by atoms with Gasteiger partial charge in [0.05, 0.1) is 10.5 Å². The molecule has 0 saturated heterocycles. The Kier molecular flexibility index (Phi) is 6.14. The zero-order valence-corrected chi connectivity index (χ0v) is 12.8. The topological polar surface area (TPSA) is 89.5 Å². The van der Waals surface area contributed by atoms with Gasteiger partial charge in [-0.1, -0.05) is 19.8 Å². The average Bonchev–Trinajstić information content (AvgIpc) is 2.42. The molecule has 0 atom stereocenters. The van der Waals surface area contributed by atoms with E-state index in [0.29, 0.717) is 6.54 Å². The van der Waals surface area contributed by atoms with Gasteiger partial charge in [-0.3, -0.25) is 14.9 Å². The van der Waals surface area contributed by atoms with Crippen LogP contribution in [0.1, 0.15) is 50.4 Å². The summed E-state index contributed by atoms with van der Waals surface area (Å²) in [4.78, 5) is 24.6. The van der Waals surface area contributed by atoms with Crippen LogP contribution in [0, 0.1) is 10.1 Å². The minimum absolute atomic E-state index is 0.0213. The lowest BCUT2D eigenvalue weighted by Crippen LogP contribution is -2.38. The van der Waals surface area contributed by atoms with Crippen molar-refractivity contribution in [1.29, 1.82) is 0 Å². The second kappa shape index (κ2) is 7.61. The first kappa shape index (κ1) is 16.9. The standard InChI is InChI=1S/C15H23N3O3/c1-4-5-6-9-17(11(2)3)15(19)13-10-12(18(20)21)7-8-14(13)16/h7-8,10-11H,4-6,9,16H2,1-3H3. The van der Waals surface area contributed by atoms with Gasteiger partial charge in [-0.2, -0.15) is 0 Å². The quantitative estimate of drug-likeness (QED) is 0.362. The molecule has 0 fully saturated rings. The van der Waals surface area contributed by atoms with Crippen molar-refractivity contribution in [3.05, 3.63) is 33.9 Å². The summed E-state index contributed by atoms with van der Waals surface area (Å²) in [6.07, 6.45) is 3.02. The van der Waals surface area contributed by atoms with Crippen molar-refractivity contribution < 1.29 is 9.72 Å². The van der Waals surface area contributed by atoms with E-state index in [2.05, 4.69) is 6.92 Å². The van der Waals surface area contributed by atoms with Gasteiger partial charge in [0.15, 0.2) is 0 Å². The third-order valence-corrected chi connectivity index (χ3v) is 3.36. The van der Waals surface area contributed by atoms with E-state index < -0.39 is 4.92 Å². The van der Waals surface area contributed by atoms with Crippen molar-refractivity contribution in [3.8, 4) is 0 Å². The number of nitrogen functional groups attached to an aromatic ring is 1. The summed E-state index contributed by atoms with van der Waals surface area (Å²) in [5.74, 6) is -0.248. The zero-order chi connectivity index (χ0) is 16.0. The third-order valence-electron chi connectivity index (χ3n) is 3.36. The predicted octanol–water partition coefficient (Wildman–Crippen LogP) is 3.22. The fourth-order valence-corrected chi connectivity index (χ4v) is 2.12. The molecule has 0 aromatic heterocycles. The monoisotopic (exact) mass is 293 g/mol. The largest absolute Gasteiger partial charge is 0.398 e. The predicted molar refractivity (Wildman–Crippen MR) is 83.2 cm³/mol. The lowest BCUT2D eigenvalue weighted by molar-refractivity contribution is -0.384. The molecule has 0 aliphatic heterocycles. The van der Waals surface area contributed by atoms with Crippen molar-refractivity contribution in [2.75, 3.05) is 12.3 Å². The van der Waals surface area contributed by atoms with Gasteiger partial charge in [0, 0.05) is 30.4 Å². The molecule has 0 heterocycles. The molecule has 2 N–H and O–H groups in total. The number of nitrogens with two attached hydrogens (primary N) is 1. The summed E-state index contributed by atoms with van der Waals surface area (Å²) in [5, 5.41) is 10.8. The number of amides is 1. The lowest BCUT2D eigenvalue weighted by Gasteiger charge is -2.27. The first-order chi connectivity index (χ1) is 9.88. The number of unbranched alkanes of at least 4 members (excludes halogenated alkanes) is 2. The molecular formula is C15H23N3O3. The lowest BCUT2D eigenvalue weighted by atomic mass is 10.1. The van der Waals surface area contributed by atoms with E-state index in [1.165, 1.54) is 18.2 Å². The Labute approximate surface area is 125 Å². The highest BCUT2D eigenvalue weighted by Gasteiger charge is 2.22. The van der Waals surface area contributed by atoms with E-state index in [0.717, 1.165) is 19.3 Å². The van der Waals surface area contributed by atoms with Gasteiger partial charge in [0.1, 0.15) is 0 Å². The molecule has 1 amide bonds. The molecule has 116 valence electrons. The number of rotatable bonds is 7. The zero-order valence-electron chi connectivity index (χ0n) is 12.8. The molecule has 1 rings (SSSR count). The van der Waals surface area contributed by atoms with Gasteiger partial charge < -0.3 is 10.6 Å². The van der Waals surface area contributed by atoms with Crippen LogP contribution in [0.25, 0.3) is 0 Å². The Morgan fingerprint density at radius 3 is 2.57 bits per heavy atom. The number of nitrogens with zero attached hydrogens (tertiary/aromatic N) is 2. The van der Waals surface area contributed by atoms with Crippen molar-refractivity contribution in [3.63, 3.8) is 0 Å². The second-order valence-electron chi connectivity index (χ2n) is 5.33. The van der Waals surface area contributed by atoms with E-state index in [9.17, 15) is 14.9 Å². The number of carbonyl (C=O) groups excluding carboxylic acids is 1. The number of hydrogen-bond donors (Lipinski definition) is 1. The van der Waals surface area contributed by atoms with Crippen LogP contribution in [0.4, 0.5) is 11.4 Å². The first-order valence-electron chi connectivity index (χ1n) is 7.23. The van der Waals surface area contributed by atoms with Crippen molar-refractivity contribution in [2.24, 2.45) is 0 Å². The molecule has 6 nitrogen and oxygen atoms in total. The van der Waals surface area contributed by atoms with Crippen LogP contribution in [0.5, 0.6) is 0 Å². The Bertz CT molecular complexity index is 515. The van der Waals surface area contributed by atoms with Gasteiger partial charge in [-0.05, 0) is 26.3 Å². The van der Waals surface area contributed by atoms with Crippen molar-refractivity contribution in [1.82, 2.24) is 4.90 Å². The second-order valence-corrected chi connectivity index (χ2v) is 5.33. The Morgan fingerprint density at radius 2 is 2.05 bits per heavy atom. The Balaban J connectivity index is 3.02. The maximum Gasteiger partial charge on any atom is 0.270 e. The minimum atomic E-state index is -0.521. The summed E-state index contributed by atoms with van der Waals surface area (Å²) in [6.45, 7) is 6.58. The number of benzene rings is 1. The van der Waals surface area contributed by atoms with E-state index in [4.69, 9.17) is 5.73 Å². The molecule has 0 aliphatic carbocycles. The molecule has 0 spiro atoms. The summed E-state index contributed by atoms with van der Waals surface area (Å²) >= 11 is 0. The van der Waals surface area contributed by atoms with Gasteiger partial charge in [-0.25, -0.2) is 0 Å². The fraction of sp³-hybridized carbons (Fsp3) is 0.533. The molecule has 21 heavy (non-hydrogen) atoms. The number of non-ortho nitro benzene ring substituents is 1. The highest BCUT2D eigenvalue weighted by atomic mass is 16.6. The number of anilines is 1. The highest BCUT2D eigenvalue weighted by Crippen LogP contribution is 2.22. The third kappa shape index (κ3) is 4.44. The van der Waals surface area contributed by atoms with Crippen LogP contribution in [0.3, 0.4) is 0 Å². The number of nitro benzene ring substituents is 1. The number of nitro groups is 1. The molecule has 0 unspecified atom stereocenters. The van der Waals surface area contributed by atoms with Gasteiger partial charge in [0.2, 0.25) is 0 Å². The smallest absolute Gasteiger partial charge is 0.270 e. The SMILES string of the molecule is CCCCCN(C(=O)c1cc([N+](=O)[O-])ccc1N)C(C)C. The molecule has 1 aromatic carbocycles. The molecule has 0 radical (unpaired) electrons. The van der Waals surface area contributed by atoms with Crippen LogP contribution in [-0.2, 0) is 0 Å². The maximum atomic E-state index is 12.6. The van der Waals surface area contributed by atoms with Crippen molar-refractivity contribution in [2.45, 2.75) is 46.1 Å². The molecule has 1 aromatic rings. The van der Waals surface area contributed by atoms with E-state index in [-0.39, 0.29) is 28.9 Å². The summed E-state index contributed by atoms with van der Waals surface area (Å²) < 4.78 is 0. The van der Waals surface area contributed by atoms with Crippen LogP contribution in [-0.4, -0.2) is 28.3 Å². The van der Waals surface area contributed by atoms with Crippen LogP contribution in [0.15, 0.2) is 18.2 Å². The van der Waals surface area contributed by atoms with Crippen LogP contribution in [0.2, 0.25) is 0 Å². The van der Waals surface area contributed by atoms with Gasteiger partial charge in [0.25, 0.3) is 11.6 Å². The first-order valence-corrected chi connectivity index (χ1v) is 7.23. The summed E-state index contributed by atoms with van der Waals surface area (Å²) in [7, 11) is 0. The highest BCUT2D eigenvalue weighted by molar-refractivity contribution is 6.00. The summed E-state index contributed by atoms with van der Waals surface area (Å²) in [5.41, 5.74) is 6.17. The number of hydrogen-bond acceptors (Lipinski definition) is 4. The molecule has 0 saturated carbocycles. The Morgan fingerprint density at radius 1 is 1.38 bits per heavy atom. The normalized spacial score (nSPS) is 10.7.